The molecule has 0 spiro atoms. The minimum atomic E-state index is -0.973. The van der Waals surface area contributed by atoms with Crippen molar-refractivity contribution in [1.29, 1.82) is 0 Å². The van der Waals surface area contributed by atoms with E-state index in [1.165, 1.54) is 0 Å². The number of urea groups is 1. The predicted octanol–water partition coefficient (Wildman–Crippen LogP) is 1.48. The fraction of sp³-hybridized carbons (Fsp3) is 0.857. The lowest BCUT2D eigenvalue weighted by molar-refractivity contribution is -0.141. The summed E-state index contributed by atoms with van der Waals surface area (Å²) in [5.74, 6) is -0.438. The number of carbonyl (C=O) groups is 2. The molecule has 7 heteroatoms. The van der Waals surface area contributed by atoms with Gasteiger partial charge in [0.1, 0.15) is 6.04 Å². The first-order valence-electron chi connectivity index (χ1n) is 7.50. The molecule has 0 radical (unpaired) electrons. The van der Waals surface area contributed by atoms with Gasteiger partial charge in [0.05, 0.1) is 0 Å². The largest absolute Gasteiger partial charge is 0.480 e. The van der Waals surface area contributed by atoms with E-state index in [1.54, 1.807) is 6.26 Å². The van der Waals surface area contributed by atoms with Crippen molar-refractivity contribution in [2.75, 3.05) is 12.0 Å². The molecule has 1 rings (SSSR count). The van der Waals surface area contributed by atoms with Crippen molar-refractivity contribution in [2.24, 2.45) is 5.92 Å². The number of hydrogen-bond acceptors (Lipinski definition) is 3. The third kappa shape index (κ3) is 6.93. The van der Waals surface area contributed by atoms with Crippen molar-refractivity contribution < 1.29 is 18.9 Å². The SMILES string of the molecule is CC(CCS(C)=O)NC(=O)NC(C(=O)O)C1CCCCC1. The van der Waals surface area contributed by atoms with Crippen molar-refractivity contribution >= 4 is 22.8 Å². The quantitative estimate of drug-likeness (QED) is 0.662. The molecule has 3 N–H and O–H groups in total. The Hall–Kier alpha value is -1.11. The van der Waals surface area contributed by atoms with Crippen LogP contribution >= 0.6 is 0 Å². The summed E-state index contributed by atoms with van der Waals surface area (Å²) in [6.45, 7) is 1.82. The Labute approximate surface area is 128 Å². The predicted molar refractivity (Wildman–Crippen MR) is 82.7 cm³/mol. The third-order valence-corrected chi connectivity index (χ3v) is 4.70. The topological polar surface area (TPSA) is 95.5 Å². The fourth-order valence-electron chi connectivity index (χ4n) is 2.67. The number of hydrogen-bond donors (Lipinski definition) is 3. The number of rotatable bonds is 7. The van der Waals surface area contributed by atoms with Crippen LogP contribution in [0.15, 0.2) is 0 Å². The Morgan fingerprint density at radius 3 is 2.38 bits per heavy atom. The molecule has 1 saturated carbocycles. The van der Waals surface area contributed by atoms with Crippen LogP contribution in [0, 0.1) is 5.92 Å². The number of carboxylic acid groups (broad SMARTS) is 1. The van der Waals surface area contributed by atoms with Crippen LogP contribution in [0.2, 0.25) is 0 Å². The summed E-state index contributed by atoms with van der Waals surface area (Å²) < 4.78 is 11.0. The minimum Gasteiger partial charge on any atom is -0.480 e. The van der Waals surface area contributed by atoms with Crippen molar-refractivity contribution in [1.82, 2.24) is 10.6 Å². The van der Waals surface area contributed by atoms with E-state index in [0.717, 1.165) is 32.1 Å². The number of amides is 2. The lowest BCUT2D eigenvalue weighted by Gasteiger charge is -2.28. The second-order valence-corrected chi connectivity index (χ2v) is 7.35. The molecular formula is C14H26N2O4S. The lowest BCUT2D eigenvalue weighted by Crippen LogP contribution is -2.51. The summed E-state index contributed by atoms with van der Waals surface area (Å²) in [7, 11) is -0.889. The number of carbonyl (C=O) groups excluding carboxylic acids is 1. The van der Waals surface area contributed by atoms with Gasteiger partial charge in [0, 0.05) is 28.9 Å². The first-order chi connectivity index (χ1) is 9.90. The molecule has 0 aromatic rings. The number of aliphatic carboxylic acids is 1. The highest BCUT2D eigenvalue weighted by Crippen LogP contribution is 2.26. The Morgan fingerprint density at radius 1 is 1.24 bits per heavy atom. The average molecular weight is 318 g/mol. The Balaban J connectivity index is 2.44. The van der Waals surface area contributed by atoms with E-state index in [9.17, 15) is 18.9 Å². The van der Waals surface area contributed by atoms with E-state index in [-0.39, 0.29) is 12.0 Å². The Morgan fingerprint density at radius 2 is 1.86 bits per heavy atom. The van der Waals surface area contributed by atoms with Gasteiger partial charge in [0.15, 0.2) is 0 Å². The molecule has 1 aliphatic rings. The van der Waals surface area contributed by atoms with E-state index in [2.05, 4.69) is 10.6 Å². The normalized spacial score (nSPS) is 20.3. The highest BCUT2D eigenvalue weighted by Gasteiger charge is 2.30. The zero-order valence-electron chi connectivity index (χ0n) is 12.8. The van der Waals surface area contributed by atoms with Gasteiger partial charge in [-0.25, -0.2) is 9.59 Å². The van der Waals surface area contributed by atoms with Gasteiger partial charge >= 0.3 is 12.0 Å². The van der Waals surface area contributed by atoms with Gasteiger partial charge in [0.25, 0.3) is 0 Å². The second-order valence-electron chi connectivity index (χ2n) is 5.80. The maximum Gasteiger partial charge on any atom is 0.326 e. The maximum atomic E-state index is 11.9. The van der Waals surface area contributed by atoms with Crippen LogP contribution < -0.4 is 10.6 Å². The minimum absolute atomic E-state index is 0.0143. The Bertz CT molecular complexity index is 383. The summed E-state index contributed by atoms with van der Waals surface area (Å²) in [5, 5.41) is 14.6. The molecule has 3 atom stereocenters. The van der Waals surface area contributed by atoms with Crippen LogP contribution in [0.3, 0.4) is 0 Å². The van der Waals surface area contributed by atoms with Gasteiger partial charge < -0.3 is 15.7 Å². The standard InChI is InChI=1S/C14H26N2O4S/c1-10(8-9-21(2)20)15-14(19)16-12(13(17)18)11-6-4-3-5-7-11/h10-12H,3-9H2,1-2H3,(H,17,18)(H2,15,16,19). The lowest BCUT2D eigenvalue weighted by atomic mass is 9.84. The zero-order valence-corrected chi connectivity index (χ0v) is 13.6. The van der Waals surface area contributed by atoms with Gasteiger partial charge in [-0.05, 0) is 32.1 Å². The summed E-state index contributed by atoms with van der Waals surface area (Å²) in [6.07, 6.45) is 7.12. The van der Waals surface area contributed by atoms with E-state index < -0.39 is 28.8 Å². The van der Waals surface area contributed by atoms with Gasteiger partial charge in [-0.3, -0.25) is 4.21 Å². The molecule has 21 heavy (non-hydrogen) atoms. The summed E-state index contributed by atoms with van der Waals surface area (Å²) in [6, 6.07) is -1.41. The number of carboxylic acids is 1. The van der Waals surface area contributed by atoms with Crippen LogP contribution in [-0.2, 0) is 15.6 Å². The zero-order chi connectivity index (χ0) is 15.8. The van der Waals surface area contributed by atoms with Gasteiger partial charge in [-0.1, -0.05) is 19.3 Å². The fourth-order valence-corrected chi connectivity index (χ4v) is 3.36. The van der Waals surface area contributed by atoms with E-state index in [0.29, 0.717) is 12.2 Å². The average Bonchev–Trinajstić information content (AvgIpc) is 2.43. The maximum absolute atomic E-state index is 11.9. The van der Waals surface area contributed by atoms with E-state index >= 15 is 0 Å². The molecule has 1 fully saturated rings. The van der Waals surface area contributed by atoms with Crippen LogP contribution in [0.25, 0.3) is 0 Å². The Kier molecular flexibility index (Phi) is 7.71. The van der Waals surface area contributed by atoms with Crippen LogP contribution in [0.5, 0.6) is 0 Å². The highest BCUT2D eigenvalue weighted by atomic mass is 32.2. The van der Waals surface area contributed by atoms with Crippen molar-refractivity contribution in [2.45, 2.75) is 57.5 Å². The molecule has 0 heterocycles. The first kappa shape index (κ1) is 17.9. The third-order valence-electron chi connectivity index (χ3n) is 3.89. The van der Waals surface area contributed by atoms with Gasteiger partial charge in [-0.15, -0.1) is 0 Å². The molecule has 122 valence electrons. The first-order valence-corrected chi connectivity index (χ1v) is 9.22. The molecule has 6 nitrogen and oxygen atoms in total. The molecule has 0 aromatic carbocycles. The molecule has 0 aromatic heterocycles. The van der Waals surface area contributed by atoms with Gasteiger partial charge in [0.2, 0.25) is 0 Å². The summed E-state index contributed by atoms with van der Waals surface area (Å²) >= 11 is 0. The molecule has 0 saturated heterocycles. The molecular weight excluding hydrogens is 292 g/mol. The van der Waals surface area contributed by atoms with Crippen LogP contribution in [0.1, 0.15) is 45.4 Å². The highest BCUT2D eigenvalue weighted by molar-refractivity contribution is 7.84. The van der Waals surface area contributed by atoms with Crippen molar-refractivity contribution in [3.05, 3.63) is 0 Å². The summed E-state index contributed by atoms with van der Waals surface area (Å²) in [5.41, 5.74) is 0. The molecule has 1 aliphatic carbocycles. The van der Waals surface area contributed by atoms with E-state index in [4.69, 9.17) is 0 Å². The molecule has 2 amide bonds. The molecule has 3 unspecified atom stereocenters. The summed E-state index contributed by atoms with van der Waals surface area (Å²) in [4.78, 5) is 23.2. The smallest absolute Gasteiger partial charge is 0.326 e. The molecule has 0 aliphatic heterocycles. The number of nitrogens with one attached hydrogen (secondary N) is 2. The van der Waals surface area contributed by atoms with E-state index in [1.807, 2.05) is 6.92 Å². The monoisotopic (exact) mass is 318 g/mol. The second kappa shape index (κ2) is 9.02. The van der Waals surface area contributed by atoms with Crippen LogP contribution in [0.4, 0.5) is 4.79 Å². The van der Waals surface area contributed by atoms with Crippen LogP contribution in [-0.4, -0.2) is 45.4 Å². The molecule has 0 bridgehead atoms. The van der Waals surface area contributed by atoms with Gasteiger partial charge in [-0.2, -0.15) is 0 Å². The van der Waals surface area contributed by atoms with Crippen molar-refractivity contribution in [3.8, 4) is 0 Å². The van der Waals surface area contributed by atoms with Crippen molar-refractivity contribution in [3.63, 3.8) is 0 Å².